The molecule has 1 aromatic carbocycles. The van der Waals surface area contributed by atoms with Crippen LogP contribution in [0.5, 0.6) is 0 Å². The van der Waals surface area contributed by atoms with Gasteiger partial charge in [0.15, 0.2) is 0 Å². The first-order valence-corrected chi connectivity index (χ1v) is 5.35. The van der Waals surface area contributed by atoms with E-state index in [1.54, 1.807) is 6.20 Å². The number of anilines is 1. The molecule has 0 bridgehead atoms. The number of nitrogens with zero attached hydrogens (tertiary/aromatic N) is 2. The number of rotatable bonds is 4. The maximum absolute atomic E-state index is 10.6. The predicted octanol–water partition coefficient (Wildman–Crippen LogP) is 1.90. The molecule has 0 aliphatic carbocycles. The highest BCUT2D eigenvalue weighted by Crippen LogP contribution is 2.20. The van der Waals surface area contributed by atoms with Crippen LogP contribution in [0.15, 0.2) is 30.5 Å². The van der Waals surface area contributed by atoms with Crippen molar-refractivity contribution in [3.8, 4) is 0 Å². The van der Waals surface area contributed by atoms with Crippen molar-refractivity contribution in [1.29, 1.82) is 0 Å². The fourth-order valence-corrected chi connectivity index (χ4v) is 1.70. The molecule has 2 aromatic rings. The normalized spacial score (nSPS) is 12.3. The molecule has 1 aromatic heterocycles. The van der Waals surface area contributed by atoms with E-state index in [4.69, 9.17) is 5.11 Å². The Morgan fingerprint density at radius 3 is 3.00 bits per heavy atom. The summed E-state index contributed by atoms with van der Waals surface area (Å²) in [5.74, 6) is -0.823. The van der Waals surface area contributed by atoms with E-state index in [1.165, 1.54) is 0 Å². The second-order valence-electron chi connectivity index (χ2n) is 3.92. The number of carboxylic acid groups (broad SMARTS) is 1. The average molecular weight is 231 g/mol. The van der Waals surface area contributed by atoms with Gasteiger partial charge in [-0.3, -0.25) is 4.79 Å². The Morgan fingerprint density at radius 1 is 1.47 bits per heavy atom. The first-order valence-electron chi connectivity index (χ1n) is 5.35. The summed E-state index contributed by atoms with van der Waals surface area (Å²) in [6.07, 6.45) is 1.68. The topological polar surface area (TPSA) is 75.1 Å². The lowest BCUT2D eigenvalue weighted by Gasteiger charge is -2.14. The van der Waals surface area contributed by atoms with Gasteiger partial charge >= 0.3 is 5.97 Å². The standard InChI is InChI=1S/C12H13N3O2/c1-8(6-12(16)17)14-11-7-13-15-10-5-3-2-4-9(10)11/h2-5,7-8H,6H2,1H3,(H,14,15)(H,16,17). The average Bonchev–Trinajstić information content (AvgIpc) is 2.28. The Labute approximate surface area is 98.5 Å². The lowest BCUT2D eigenvalue weighted by molar-refractivity contribution is -0.137. The van der Waals surface area contributed by atoms with E-state index in [9.17, 15) is 4.79 Å². The molecule has 0 amide bonds. The maximum atomic E-state index is 10.6. The smallest absolute Gasteiger partial charge is 0.305 e. The minimum atomic E-state index is -0.823. The number of aromatic nitrogens is 2. The molecular formula is C12H13N3O2. The van der Waals surface area contributed by atoms with Gasteiger partial charge < -0.3 is 10.4 Å². The van der Waals surface area contributed by atoms with Crippen molar-refractivity contribution in [1.82, 2.24) is 10.2 Å². The van der Waals surface area contributed by atoms with Crippen molar-refractivity contribution in [2.75, 3.05) is 5.32 Å². The zero-order valence-corrected chi connectivity index (χ0v) is 9.42. The summed E-state index contributed by atoms with van der Waals surface area (Å²) in [5.41, 5.74) is 1.60. The van der Waals surface area contributed by atoms with E-state index >= 15 is 0 Å². The van der Waals surface area contributed by atoms with E-state index in [-0.39, 0.29) is 12.5 Å². The SMILES string of the molecule is CC(CC(=O)O)Nc1cnnc2ccccc12. The molecule has 5 nitrogen and oxygen atoms in total. The van der Waals surface area contributed by atoms with Crippen molar-refractivity contribution in [2.24, 2.45) is 0 Å². The third-order valence-corrected chi connectivity index (χ3v) is 2.43. The Morgan fingerprint density at radius 2 is 2.24 bits per heavy atom. The molecule has 1 heterocycles. The number of benzene rings is 1. The fourth-order valence-electron chi connectivity index (χ4n) is 1.70. The minimum Gasteiger partial charge on any atom is -0.481 e. The molecule has 1 atom stereocenters. The highest BCUT2D eigenvalue weighted by atomic mass is 16.4. The Hall–Kier alpha value is -2.17. The largest absolute Gasteiger partial charge is 0.481 e. The van der Waals surface area contributed by atoms with Crippen LogP contribution in [0.1, 0.15) is 13.3 Å². The summed E-state index contributed by atoms with van der Waals surface area (Å²) in [6, 6.07) is 7.45. The van der Waals surface area contributed by atoms with Crippen LogP contribution in [0.2, 0.25) is 0 Å². The van der Waals surface area contributed by atoms with Crippen molar-refractivity contribution in [3.05, 3.63) is 30.5 Å². The molecular weight excluding hydrogens is 218 g/mol. The summed E-state index contributed by atoms with van der Waals surface area (Å²) < 4.78 is 0. The quantitative estimate of drug-likeness (QED) is 0.840. The Bertz CT molecular complexity index is 537. The van der Waals surface area contributed by atoms with E-state index in [2.05, 4.69) is 15.5 Å². The van der Waals surface area contributed by atoms with Crippen molar-refractivity contribution >= 4 is 22.6 Å². The molecule has 2 rings (SSSR count). The van der Waals surface area contributed by atoms with Gasteiger partial charge in [-0.05, 0) is 13.0 Å². The van der Waals surface area contributed by atoms with Crippen LogP contribution in [0.3, 0.4) is 0 Å². The minimum absolute atomic E-state index is 0.0661. The van der Waals surface area contributed by atoms with Crippen LogP contribution in [-0.2, 0) is 4.79 Å². The van der Waals surface area contributed by atoms with Crippen molar-refractivity contribution < 1.29 is 9.90 Å². The number of carbonyl (C=O) groups is 1. The lowest BCUT2D eigenvalue weighted by Crippen LogP contribution is -2.19. The predicted molar refractivity (Wildman–Crippen MR) is 64.9 cm³/mol. The van der Waals surface area contributed by atoms with Crippen molar-refractivity contribution in [3.63, 3.8) is 0 Å². The van der Waals surface area contributed by atoms with E-state index in [0.717, 1.165) is 16.6 Å². The third kappa shape index (κ3) is 2.69. The summed E-state index contributed by atoms with van der Waals surface area (Å²) in [6.45, 7) is 1.82. The third-order valence-electron chi connectivity index (χ3n) is 2.43. The first-order chi connectivity index (χ1) is 8.16. The summed E-state index contributed by atoms with van der Waals surface area (Å²) in [4.78, 5) is 10.6. The van der Waals surface area contributed by atoms with Crippen LogP contribution in [0.25, 0.3) is 10.9 Å². The molecule has 0 saturated heterocycles. The molecule has 0 radical (unpaired) electrons. The second kappa shape index (κ2) is 4.78. The van der Waals surface area contributed by atoms with Gasteiger partial charge in [-0.25, -0.2) is 0 Å². The molecule has 1 unspecified atom stereocenters. The molecule has 17 heavy (non-hydrogen) atoms. The van der Waals surface area contributed by atoms with Crippen LogP contribution in [0, 0.1) is 0 Å². The van der Waals surface area contributed by atoms with E-state index in [0.29, 0.717) is 0 Å². The zero-order chi connectivity index (χ0) is 12.3. The number of hydrogen-bond donors (Lipinski definition) is 2. The number of nitrogens with one attached hydrogen (secondary N) is 1. The molecule has 2 N–H and O–H groups in total. The van der Waals surface area contributed by atoms with E-state index < -0.39 is 5.97 Å². The summed E-state index contributed by atoms with van der Waals surface area (Å²) in [7, 11) is 0. The molecule has 0 saturated carbocycles. The number of carboxylic acids is 1. The van der Waals surface area contributed by atoms with Gasteiger partial charge in [0.25, 0.3) is 0 Å². The summed E-state index contributed by atoms with van der Waals surface area (Å²) in [5, 5.41) is 20.7. The van der Waals surface area contributed by atoms with Gasteiger partial charge in [0.05, 0.1) is 23.8 Å². The van der Waals surface area contributed by atoms with Gasteiger partial charge in [-0.1, -0.05) is 18.2 Å². The van der Waals surface area contributed by atoms with Crippen molar-refractivity contribution in [2.45, 2.75) is 19.4 Å². The highest BCUT2D eigenvalue weighted by molar-refractivity contribution is 5.90. The van der Waals surface area contributed by atoms with Gasteiger partial charge in [0, 0.05) is 11.4 Å². The van der Waals surface area contributed by atoms with Crippen LogP contribution in [-0.4, -0.2) is 27.3 Å². The molecule has 0 fully saturated rings. The van der Waals surface area contributed by atoms with Gasteiger partial charge in [0.2, 0.25) is 0 Å². The first kappa shape index (κ1) is 11.3. The monoisotopic (exact) mass is 231 g/mol. The van der Waals surface area contributed by atoms with Gasteiger partial charge in [-0.2, -0.15) is 10.2 Å². The summed E-state index contributed by atoms with van der Waals surface area (Å²) >= 11 is 0. The maximum Gasteiger partial charge on any atom is 0.305 e. The Kier molecular flexibility index (Phi) is 3.18. The lowest BCUT2D eigenvalue weighted by atomic mass is 10.2. The molecule has 0 spiro atoms. The van der Waals surface area contributed by atoms with Crippen LogP contribution in [0.4, 0.5) is 5.69 Å². The molecule has 0 aliphatic heterocycles. The fraction of sp³-hybridized carbons (Fsp3) is 0.250. The van der Waals surface area contributed by atoms with Crippen LogP contribution < -0.4 is 5.32 Å². The number of aliphatic carboxylic acids is 1. The number of fused-ring (bicyclic) bond motifs is 1. The zero-order valence-electron chi connectivity index (χ0n) is 9.42. The molecule has 5 heteroatoms. The number of hydrogen-bond acceptors (Lipinski definition) is 4. The molecule has 0 aliphatic rings. The highest BCUT2D eigenvalue weighted by Gasteiger charge is 2.09. The Balaban J connectivity index is 2.26. The second-order valence-corrected chi connectivity index (χ2v) is 3.92. The van der Waals surface area contributed by atoms with Gasteiger partial charge in [-0.15, -0.1) is 0 Å². The van der Waals surface area contributed by atoms with E-state index in [1.807, 2.05) is 31.2 Å². The molecule has 88 valence electrons. The van der Waals surface area contributed by atoms with Crippen LogP contribution >= 0.6 is 0 Å². The van der Waals surface area contributed by atoms with Gasteiger partial charge in [0.1, 0.15) is 0 Å².